The van der Waals surface area contributed by atoms with Crippen molar-refractivity contribution in [2.75, 3.05) is 43.1 Å². The van der Waals surface area contributed by atoms with E-state index < -0.39 is 17.6 Å². The number of carbonyl (C=O) groups excluding carboxylic acids is 1. The minimum atomic E-state index is -4.65. The number of aryl methyl sites for hydroxylation is 1. The number of ether oxygens (including phenoxy) is 1. The fourth-order valence-corrected chi connectivity index (χ4v) is 7.17. The molecule has 4 aromatic rings. The number of fused-ring (bicyclic) bond motifs is 1. The lowest BCUT2D eigenvalue weighted by atomic mass is 9.87. The van der Waals surface area contributed by atoms with Gasteiger partial charge in [0.05, 0.1) is 30.3 Å². The van der Waals surface area contributed by atoms with E-state index in [-0.39, 0.29) is 34.8 Å². The van der Waals surface area contributed by atoms with Crippen LogP contribution in [0.2, 0.25) is 0 Å². The van der Waals surface area contributed by atoms with E-state index in [1.165, 1.54) is 11.0 Å². The molecule has 49 heavy (non-hydrogen) atoms. The predicted octanol–water partition coefficient (Wildman–Crippen LogP) is 6.28. The van der Waals surface area contributed by atoms with E-state index >= 15 is 0 Å². The van der Waals surface area contributed by atoms with E-state index in [0.717, 1.165) is 25.9 Å². The van der Waals surface area contributed by atoms with Crippen LogP contribution in [-0.4, -0.2) is 63.4 Å². The molecule has 10 nitrogen and oxygen atoms in total. The molecule has 0 bridgehead atoms. The van der Waals surface area contributed by atoms with Gasteiger partial charge in [0.15, 0.2) is 5.82 Å². The van der Waals surface area contributed by atoms with Crippen molar-refractivity contribution in [3.63, 3.8) is 0 Å². The molecule has 1 unspecified atom stereocenters. The highest BCUT2D eigenvalue weighted by Gasteiger charge is 2.43. The molecule has 5 heterocycles. The summed E-state index contributed by atoms with van der Waals surface area (Å²) < 4.78 is 51.2. The highest BCUT2D eigenvalue weighted by atomic mass is 19.4. The lowest BCUT2D eigenvalue weighted by Crippen LogP contribution is -2.27. The Morgan fingerprint density at radius 1 is 1.10 bits per heavy atom. The number of aromatic nitrogens is 4. The van der Waals surface area contributed by atoms with Gasteiger partial charge in [0.25, 0.3) is 5.91 Å². The lowest BCUT2D eigenvalue weighted by Gasteiger charge is -2.22. The standard InChI is InChI=1S/C36H37F3N8O2/c1-22(2)16-41-31-13-25(27-10-23(15-40)4-5-26(27)33-44-42-21-45(33)3)14-32(43-31)47-18-29-28(34(47)48)11-24(12-30(29)36(37,38)39)17-46-8-6-35(19-46)7-9-49-20-35/h4-5,10-14,21-22H,6-9,16-20H2,1-3H3,(H,41,43). The van der Waals surface area contributed by atoms with E-state index in [0.29, 0.717) is 65.8 Å². The minimum absolute atomic E-state index is 0.0399. The second-order valence-electron chi connectivity index (χ2n) is 13.8. The van der Waals surface area contributed by atoms with Gasteiger partial charge in [-0.1, -0.05) is 13.8 Å². The van der Waals surface area contributed by atoms with E-state index in [1.807, 2.05) is 27.0 Å². The molecule has 1 N–H and O–H groups in total. The number of hydrogen-bond acceptors (Lipinski definition) is 8. The van der Waals surface area contributed by atoms with Crippen LogP contribution in [0.4, 0.5) is 24.8 Å². The van der Waals surface area contributed by atoms with Gasteiger partial charge in [-0.2, -0.15) is 18.4 Å². The molecule has 3 aliphatic heterocycles. The van der Waals surface area contributed by atoms with Crippen molar-refractivity contribution in [1.82, 2.24) is 24.6 Å². The SMILES string of the molecule is CC(C)CNc1cc(-c2cc(C#N)ccc2-c2nncn2C)cc(N2Cc3c(cc(CN4CCC5(CCOC5)C4)cc3C(F)(F)F)C2=O)n1. The first-order chi connectivity index (χ1) is 23.4. The van der Waals surface area contributed by atoms with Crippen LogP contribution in [0.3, 0.4) is 0 Å². The Bertz CT molecular complexity index is 1960. The Morgan fingerprint density at radius 3 is 2.63 bits per heavy atom. The summed E-state index contributed by atoms with van der Waals surface area (Å²) in [6.45, 7) is 7.63. The second-order valence-corrected chi connectivity index (χ2v) is 13.8. The second kappa shape index (κ2) is 12.6. The number of hydrogen-bond donors (Lipinski definition) is 1. The third-order valence-electron chi connectivity index (χ3n) is 9.71. The molecule has 0 aliphatic carbocycles. The highest BCUT2D eigenvalue weighted by molar-refractivity contribution is 6.10. The first-order valence-electron chi connectivity index (χ1n) is 16.4. The number of nitrogens with one attached hydrogen (secondary N) is 1. The molecule has 1 spiro atoms. The Balaban J connectivity index is 1.28. The smallest absolute Gasteiger partial charge is 0.381 e. The fraction of sp³-hybridized carbons (Fsp3) is 0.417. The quantitative estimate of drug-likeness (QED) is 0.233. The predicted molar refractivity (Wildman–Crippen MR) is 177 cm³/mol. The van der Waals surface area contributed by atoms with E-state index in [9.17, 15) is 23.2 Å². The summed E-state index contributed by atoms with van der Waals surface area (Å²) in [7, 11) is 1.81. The van der Waals surface area contributed by atoms with Crippen LogP contribution >= 0.6 is 0 Å². The van der Waals surface area contributed by atoms with Crippen LogP contribution in [-0.2, 0) is 31.1 Å². The van der Waals surface area contributed by atoms with Crippen molar-refractivity contribution in [2.45, 2.75) is 46.0 Å². The summed E-state index contributed by atoms with van der Waals surface area (Å²) in [5.74, 6) is 0.941. The van der Waals surface area contributed by atoms with Crippen molar-refractivity contribution >= 4 is 17.5 Å². The number of rotatable bonds is 8. The molecule has 2 saturated heterocycles. The van der Waals surface area contributed by atoms with Crippen LogP contribution in [0.15, 0.2) is 48.8 Å². The van der Waals surface area contributed by atoms with Gasteiger partial charge in [-0.05, 0) is 90.0 Å². The largest absolute Gasteiger partial charge is 0.416 e. The maximum atomic E-state index is 14.6. The molecule has 0 radical (unpaired) electrons. The molecule has 2 fully saturated rings. The molecular weight excluding hydrogens is 633 g/mol. The monoisotopic (exact) mass is 670 g/mol. The summed E-state index contributed by atoms with van der Waals surface area (Å²) in [5.41, 5.74) is 2.07. The van der Waals surface area contributed by atoms with Gasteiger partial charge in [0.1, 0.15) is 18.0 Å². The van der Waals surface area contributed by atoms with Crippen LogP contribution in [0.25, 0.3) is 22.5 Å². The number of likely N-dealkylation sites (tertiary alicyclic amines) is 1. The van der Waals surface area contributed by atoms with Gasteiger partial charge in [0, 0.05) is 49.8 Å². The fourth-order valence-electron chi connectivity index (χ4n) is 7.17. The van der Waals surface area contributed by atoms with Crippen LogP contribution in [0.5, 0.6) is 0 Å². The van der Waals surface area contributed by atoms with Gasteiger partial charge in [-0.25, -0.2) is 4.98 Å². The Labute approximate surface area is 282 Å². The Kier molecular flexibility index (Phi) is 8.40. The number of nitrogens with zero attached hydrogens (tertiary/aromatic N) is 7. The minimum Gasteiger partial charge on any atom is -0.381 e. The Hall–Kier alpha value is -4.80. The third-order valence-corrected chi connectivity index (χ3v) is 9.71. The van der Waals surface area contributed by atoms with Gasteiger partial charge in [-0.3, -0.25) is 14.6 Å². The molecule has 7 rings (SSSR count). The first-order valence-corrected chi connectivity index (χ1v) is 16.4. The number of amides is 1. The topological polar surface area (TPSA) is 112 Å². The van der Waals surface area contributed by atoms with Gasteiger partial charge in [0.2, 0.25) is 0 Å². The number of anilines is 2. The van der Waals surface area contributed by atoms with Crippen molar-refractivity contribution in [1.29, 1.82) is 5.26 Å². The normalized spacial score (nSPS) is 19.3. The molecule has 1 amide bonds. The van der Waals surface area contributed by atoms with Gasteiger partial charge < -0.3 is 14.6 Å². The van der Waals surface area contributed by atoms with Crippen molar-refractivity contribution in [2.24, 2.45) is 18.4 Å². The summed E-state index contributed by atoms with van der Waals surface area (Å²) >= 11 is 0. The summed E-state index contributed by atoms with van der Waals surface area (Å²) in [4.78, 5) is 22.3. The average Bonchev–Trinajstić information content (AvgIpc) is 3.88. The first kappa shape index (κ1) is 32.7. The van der Waals surface area contributed by atoms with Crippen molar-refractivity contribution < 1.29 is 22.7 Å². The molecule has 2 aromatic carbocycles. The molecule has 1 atom stereocenters. The summed E-state index contributed by atoms with van der Waals surface area (Å²) in [5, 5.41) is 21.3. The number of pyridine rings is 1. The lowest BCUT2D eigenvalue weighted by molar-refractivity contribution is -0.138. The van der Waals surface area contributed by atoms with E-state index in [2.05, 4.69) is 26.5 Å². The molecule has 2 aromatic heterocycles. The van der Waals surface area contributed by atoms with Crippen molar-refractivity contribution in [3.05, 3.63) is 76.6 Å². The molecular formula is C36H37F3N8O2. The summed E-state index contributed by atoms with van der Waals surface area (Å²) in [6.07, 6.45) is -1.18. The molecule has 254 valence electrons. The Morgan fingerprint density at radius 2 is 1.94 bits per heavy atom. The number of benzene rings is 2. The molecule has 13 heteroatoms. The average molecular weight is 671 g/mol. The van der Waals surface area contributed by atoms with E-state index in [4.69, 9.17) is 9.72 Å². The summed E-state index contributed by atoms with van der Waals surface area (Å²) in [6, 6.07) is 13.7. The number of halogens is 3. The zero-order valence-corrected chi connectivity index (χ0v) is 27.6. The van der Waals surface area contributed by atoms with Gasteiger partial charge >= 0.3 is 6.18 Å². The van der Waals surface area contributed by atoms with Gasteiger partial charge in [-0.15, -0.1) is 10.2 Å². The van der Waals surface area contributed by atoms with Crippen LogP contribution < -0.4 is 10.2 Å². The zero-order valence-electron chi connectivity index (χ0n) is 27.6. The third kappa shape index (κ3) is 6.38. The zero-order chi connectivity index (χ0) is 34.5. The van der Waals surface area contributed by atoms with E-state index in [1.54, 1.807) is 41.2 Å². The number of nitriles is 1. The maximum Gasteiger partial charge on any atom is 0.416 e. The highest BCUT2D eigenvalue weighted by Crippen LogP contribution is 2.43. The number of alkyl halides is 3. The molecule has 0 saturated carbocycles. The van der Waals surface area contributed by atoms with Crippen LogP contribution in [0, 0.1) is 22.7 Å². The van der Waals surface area contributed by atoms with Crippen LogP contribution in [0.1, 0.15) is 59.3 Å². The molecule has 3 aliphatic rings. The number of carbonyl (C=O) groups is 1. The maximum absolute atomic E-state index is 14.6. The van der Waals surface area contributed by atoms with Crippen molar-refractivity contribution in [3.8, 4) is 28.6 Å².